The Morgan fingerprint density at radius 2 is 1.67 bits per heavy atom. The normalized spacial score (nSPS) is 12.7. The maximum Gasteiger partial charge on any atom is 0.311 e. The number of esters is 1. The molecule has 0 aromatic heterocycles. The molecule has 0 unspecified atom stereocenters. The van der Waals surface area contributed by atoms with Crippen LogP contribution in [-0.2, 0) is 9.53 Å². The average Bonchev–Trinajstić information content (AvgIpc) is 2.65. The van der Waals surface area contributed by atoms with Gasteiger partial charge in [0.1, 0.15) is 0 Å². The monoisotopic (exact) mass is 323 g/mol. The molecule has 4 heteroatoms. The van der Waals surface area contributed by atoms with Crippen molar-refractivity contribution in [2.24, 2.45) is 5.92 Å². The van der Waals surface area contributed by atoms with E-state index < -0.39 is 12.0 Å². The molecule has 0 radical (unpaired) electrons. The second-order valence-electron chi connectivity index (χ2n) is 5.38. The lowest BCUT2D eigenvalue weighted by Gasteiger charge is -2.26. The number of amides is 1. The molecule has 24 heavy (non-hydrogen) atoms. The number of rotatable bonds is 7. The van der Waals surface area contributed by atoms with E-state index in [2.05, 4.69) is 11.9 Å². The van der Waals surface area contributed by atoms with E-state index in [4.69, 9.17) is 4.74 Å². The molecule has 2 aromatic rings. The molecule has 0 spiro atoms. The first-order valence-electron chi connectivity index (χ1n) is 7.77. The predicted octanol–water partition coefficient (Wildman–Crippen LogP) is 3.52. The summed E-state index contributed by atoms with van der Waals surface area (Å²) in [6, 6.07) is 17.8. The standard InChI is InChI=1S/C20H21NO3/c1-3-10-17(20(23)24-2)18(15-11-6-4-7-12-15)21-19(22)16-13-8-5-9-14-16/h3-9,11-14,17-18H,1,10H2,2H3,(H,21,22)/t17-,18-/m0/s1. The van der Waals surface area contributed by atoms with E-state index in [1.165, 1.54) is 7.11 Å². The first kappa shape index (κ1) is 17.5. The van der Waals surface area contributed by atoms with E-state index in [0.717, 1.165) is 5.56 Å². The van der Waals surface area contributed by atoms with Gasteiger partial charge in [0.2, 0.25) is 0 Å². The summed E-state index contributed by atoms with van der Waals surface area (Å²) in [5, 5.41) is 2.96. The molecular weight excluding hydrogens is 302 g/mol. The average molecular weight is 323 g/mol. The first-order valence-corrected chi connectivity index (χ1v) is 7.77. The lowest BCUT2D eigenvalue weighted by molar-refractivity contribution is -0.146. The maximum atomic E-state index is 12.6. The number of nitrogens with one attached hydrogen (secondary N) is 1. The zero-order valence-electron chi connectivity index (χ0n) is 13.6. The third-order valence-electron chi connectivity index (χ3n) is 3.81. The Hall–Kier alpha value is -2.88. The topological polar surface area (TPSA) is 55.4 Å². The van der Waals surface area contributed by atoms with Crippen LogP contribution in [0.15, 0.2) is 73.3 Å². The first-order chi connectivity index (χ1) is 11.7. The minimum Gasteiger partial charge on any atom is -0.469 e. The van der Waals surface area contributed by atoms with Crippen LogP contribution in [0.4, 0.5) is 0 Å². The summed E-state index contributed by atoms with van der Waals surface area (Å²) in [7, 11) is 1.35. The smallest absolute Gasteiger partial charge is 0.311 e. The van der Waals surface area contributed by atoms with Gasteiger partial charge in [-0.05, 0) is 24.1 Å². The Morgan fingerprint density at radius 3 is 2.21 bits per heavy atom. The van der Waals surface area contributed by atoms with Gasteiger partial charge in [-0.3, -0.25) is 9.59 Å². The lowest BCUT2D eigenvalue weighted by atomic mass is 9.90. The van der Waals surface area contributed by atoms with Crippen LogP contribution in [-0.4, -0.2) is 19.0 Å². The van der Waals surface area contributed by atoms with Crippen molar-refractivity contribution < 1.29 is 14.3 Å². The van der Waals surface area contributed by atoms with Gasteiger partial charge in [0, 0.05) is 5.56 Å². The van der Waals surface area contributed by atoms with Gasteiger partial charge in [-0.15, -0.1) is 6.58 Å². The van der Waals surface area contributed by atoms with Crippen molar-refractivity contribution in [3.05, 3.63) is 84.4 Å². The fourth-order valence-corrected chi connectivity index (χ4v) is 2.59. The molecule has 0 aliphatic heterocycles. The number of methoxy groups -OCH3 is 1. The molecule has 0 aliphatic rings. The Morgan fingerprint density at radius 1 is 1.08 bits per heavy atom. The van der Waals surface area contributed by atoms with Crippen LogP contribution in [0.3, 0.4) is 0 Å². The fraction of sp³-hybridized carbons (Fsp3) is 0.200. The van der Waals surface area contributed by atoms with Crippen molar-refractivity contribution in [3.8, 4) is 0 Å². The van der Waals surface area contributed by atoms with Crippen molar-refractivity contribution in [1.82, 2.24) is 5.32 Å². The number of allylic oxidation sites excluding steroid dienone is 1. The molecule has 1 N–H and O–H groups in total. The highest BCUT2D eigenvalue weighted by Gasteiger charge is 2.31. The summed E-state index contributed by atoms with van der Waals surface area (Å²) < 4.78 is 4.92. The molecule has 2 rings (SSSR count). The van der Waals surface area contributed by atoms with E-state index >= 15 is 0 Å². The van der Waals surface area contributed by atoms with Crippen LogP contribution in [0, 0.1) is 5.92 Å². The molecule has 0 saturated carbocycles. The second-order valence-corrected chi connectivity index (χ2v) is 5.38. The van der Waals surface area contributed by atoms with Gasteiger partial charge in [0.15, 0.2) is 0 Å². The van der Waals surface area contributed by atoms with E-state index in [-0.39, 0.29) is 11.9 Å². The summed E-state index contributed by atoms with van der Waals surface area (Å²) in [5.74, 6) is -1.15. The van der Waals surface area contributed by atoms with Crippen molar-refractivity contribution >= 4 is 11.9 Å². The van der Waals surface area contributed by atoms with Gasteiger partial charge in [-0.2, -0.15) is 0 Å². The highest BCUT2D eigenvalue weighted by molar-refractivity contribution is 5.94. The summed E-state index contributed by atoms with van der Waals surface area (Å²) in [6.45, 7) is 3.71. The summed E-state index contributed by atoms with van der Waals surface area (Å²) >= 11 is 0. The van der Waals surface area contributed by atoms with Crippen LogP contribution in [0.25, 0.3) is 0 Å². The minimum atomic E-state index is -0.539. The van der Waals surface area contributed by atoms with Gasteiger partial charge in [0.25, 0.3) is 5.91 Å². The zero-order chi connectivity index (χ0) is 17.4. The Kier molecular flexibility index (Phi) is 6.32. The van der Waals surface area contributed by atoms with Crippen molar-refractivity contribution in [2.75, 3.05) is 7.11 Å². The predicted molar refractivity (Wildman–Crippen MR) is 93.4 cm³/mol. The van der Waals surface area contributed by atoms with Gasteiger partial charge in [-0.1, -0.05) is 54.6 Å². The van der Waals surface area contributed by atoms with Crippen molar-refractivity contribution in [2.45, 2.75) is 12.5 Å². The Balaban J connectivity index is 2.33. The van der Waals surface area contributed by atoms with E-state index in [9.17, 15) is 9.59 Å². The van der Waals surface area contributed by atoms with Crippen molar-refractivity contribution in [1.29, 1.82) is 0 Å². The fourth-order valence-electron chi connectivity index (χ4n) is 2.59. The van der Waals surface area contributed by atoms with Gasteiger partial charge < -0.3 is 10.1 Å². The lowest BCUT2D eigenvalue weighted by Crippen LogP contribution is -2.37. The van der Waals surface area contributed by atoms with Crippen LogP contribution in [0.1, 0.15) is 28.4 Å². The molecule has 0 heterocycles. The van der Waals surface area contributed by atoms with Gasteiger partial charge in [0.05, 0.1) is 19.1 Å². The zero-order valence-corrected chi connectivity index (χ0v) is 13.6. The number of carbonyl (C=O) groups excluding carboxylic acids is 2. The molecule has 1 amide bonds. The van der Waals surface area contributed by atoms with Crippen LogP contribution >= 0.6 is 0 Å². The molecule has 124 valence electrons. The SMILES string of the molecule is C=CC[C@H](C(=O)OC)[C@@H](NC(=O)c1ccccc1)c1ccccc1. The third-order valence-corrected chi connectivity index (χ3v) is 3.81. The molecule has 0 bridgehead atoms. The number of hydrogen-bond donors (Lipinski definition) is 1. The number of benzene rings is 2. The molecule has 2 atom stereocenters. The van der Waals surface area contributed by atoms with E-state index in [1.54, 1.807) is 30.3 Å². The molecule has 4 nitrogen and oxygen atoms in total. The maximum absolute atomic E-state index is 12.6. The van der Waals surface area contributed by atoms with E-state index in [1.807, 2.05) is 36.4 Å². The largest absolute Gasteiger partial charge is 0.469 e. The number of carbonyl (C=O) groups is 2. The number of hydrogen-bond acceptors (Lipinski definition) is 3. The molecule has 0 saturated heterocycles. The summed E-state index contributed by atoms with van der Waals surface area (Å²) in [4.78, 5) is 24.8. The van der Waals surface area contributed by atoms with Crippen LogP contribution < -0.4 is 5.32 Å². The third kappa shape index (κ3) is 4.32. The molecular formula is C20H21NO3. The minimum absolute atomic E-state index is 0.234. The highest BCUT2D eigenvalue weighted by Crippen LogP contribution is 2.27. The van der Waals surface area contributed by atoms with Crippen LogP contribution in [0.5, 0.6) is 0 Å². The highest BCUT2D eigenvalue weighted by atomic mass is 16.5. The Labute approximate surface area is 142 Å². The molecule has 0 fully saturated rings. The van der Waals surface area contributed by atoms with E-state index in [0.29, 0.717) is 12.0 Å². The second kappa shape index (κ2) is 8.67. The summed E-state index contributed by atoms with van der Waals surface area (Å²) in [6.07, 6.45) is 2.06. The Bertz CT molecular complexity index is 683. The van der Waals surface area contributed by atoms with Crippen LogP contribution in [0.2, 0.25) is 0 Å². The molecule has 0 aliphatic carbocycles. The van der Waals surface area contributed by atoms with Gasteiger partial charge >= 0.3 is 5.97 Å². The van der Waals surface area contributed by atoms with Gasteiger partial charge in [-0.25, -0.2) is 0 Å². The number of ether oxygens (including phenoxy) is 1. The summed E-state index contributed by atoms with van der Waals surface area (Å²) in [5.41, 5.74) is 1.39. The van der Waals surface area contributed by atoms with Crippen molar-refractivity contribution in [3.63, 3.8) is 0 Å². The molecule has 2 aromatic carbocycles. The quantitative estimate of drug-likeness (QED) is 0.626.